The summed E-state index contributed by atoms with van der Waals surface area (Å²) in [5.74, 6) is -2.95. The lowest BCUT2D eigenvalue weighted by Gasteiger charge is -2.07. The summed E-state index contributed by atoms with van der Waals surface area (Å²) in [7, 11) is 1.55. The SMILES string of the molecule is Cc1cc(Oc2cc(F)c(C(=O)O)cc2[N+](=O)[O-])n(C)n1. The highest BCUT2D eigenvalue weighted by Gasteiger charge is 2.24. The minimum atomic E-state index is -1.60. The van der Waals surface area contributed by atoms with Gasteiger partial charge in [0.15, 0.2) is 0 Å². The van der Waals surface area contributed by atoms with Gasteiger partial charge in [0, 0.05) is 25.2 Å². The van der Waals surface area contributed by atoms with E-state index in [-0.39, 0.29) is 5.88 Å². The third kappa shape index (κ3) is 2.81. The molecule has 2 aromatic rings. The molecule has 9 heteroatoms. The predicted octanol–water partition coefficient (Wildman–Crippen LogP) is 2.27. The summed E-state index contributed by atoms with van der Waals surface area (Å²) in [5, 5.41) is 23.7. The zero-order chi connectivity index (χ0) is 15.7. The van der Waals surface area contributed by atoms with E-state index in [1.54, 1.807) is 14.0 Å². The van der Waals surface area contributed by atoms with Crippen molar-refractivity contribution in [1.29, 1.82) is 0 Å². The van der Waals surface area contributed by atoms with E-state index in [4.69, 9.17) is 9.84 Å². The van der Waals surface area contributed by atoms with Crippen LogP contribution in [0.5, 0.6) is 11.6 Å². The van der Waals surface area contributed by atoms with Gasteiger partial charge in [0.1, 0.15) is 11.4 Å². The molecule has 0 fully saturated rings. The van der Waals surface area contributed by atoms with E-state index in [0.717, 1.165) is 0 Å². The van der Waals surface area contributed by atoms with Gasteiger partial charge in [-0.25, -0.2) is 13.9 Å². The molecule has 0 saturated heterocycles. The molecule has 0 radical (unpaired) electrons. The first kappa shape index (κ1) is 14.4. The second-order valence-electron chi connectivity index (χ2n) is 4.21. The van der Waals surface area contributed by atoms with Crippen LogP contribution >= 0.6 is 0 Å². The molecule has 1 heterocycles. The molecule has 0 atom stereocenters. The van der Waals surface area contributed by atoms with Crippen LogP contribution in [0.25, 0.3) is 0 Å². The molecule has 0 aliphatic carbocycles. The second kappa shape index (κ2) is 5.19. The van der Waals surface area contributed by atoms with Gasteiger partial charge in [-0.2, -0.15) is 5.10 Å². The maximum absolute atomic E-state index is 13.6. The number of nitro groups is 1. The molecule has 1 aromatic carbocycles. The number of carboxylic acids is 1. The second-order valence-corrected chi connectivity index (χ2v) is 4.21. The third-order valence-electron chi connectivity index (χ3n) is 2.65. The lowest BCUT2D eigenvalue weighted by molar-refractivity contribution is -0.385. The number of nitrogens with zero attached hydrogens (tertiary/aromatic N) is 3. The zero-order valence-electron chi connectivity index (χ0n) is 11.0. The van der Waals surface area contributed by atoms with E-state index in [9.17, 15) is 19.3 Å². The molecule has 0 aliphatic heterocycles. The first-order chi connectivity index (χ1) is 9.79. The fraction of sp³-hybridized carbons (Fsp3) is 0.167. The van der Waals surface area contributed by atoms with Crippen molar-refractivity contribution in [1.82, 2.24) is 9.78 Å². The zero-order valence-corrected chi connectivity index (χ0v) is 11.0. The Morgan fingerprint density at radius 1 is 1.48 bits per heavy atom. The summed E-state index contributed by atoms with van der Waals surface area (Å²) in [4.78, 5) is 20.9. The molecule has 0 unspecified atom stereocenters. The minimum absolute atomic E-state index is 0.165. The Labute approximate surface area is 117 Å². The lowest BCUT2D eigenvalue weighted by atomic mass is 10.1. The smallest absolute Gasteiger partial charge is 0.338 e. The number of ether oxygens (including phenoxy) is 1. The standard InChI is InChI=1S/C12H10FN3O5/c1-6-3-11(15(2)14-6)21-10-5-8(13)7(12(17)18)4-9(10)16(19)20/h3-5H,1-2H3,(H,17,18). The van der Waals surface area contributed by atoms with Crippen molar-refractivity contribution < 1.29 is 24.0 Å². The number of aromatic nitrogens is 2. The summed E-state index contributed by atoms with van der Waals surface area (Å²) < 4.78 is 20.2. The Kier molecular flexibility index (Phi) is 3.57. The molecule has 21 heavy (non-hydrogen) atoms. The molecule has 8 nitrogen and oxygen atoms in total. The van der Waals surface area contributed by atoms with Crippen molar-refractivity contribution in [3.63, 3.8) is 0 Å². The first-order valence-corrected chi connectivity index (χ1v) is 5.69. The molecular formula is C12H10FN3O5. The predicted molar refractivity (Wildman–Crippen MR) is 68.0 cm³/mol. The van der Waals surface area contributed by atoms with E-state index in [1.165, 1.54) is 10.7 Å². The number of hydrogen-bond acceptors (Lipinski definition) is 5. The van der Waals surface area contributed by atoms with Gasteiger partial charge in [-0.05, 0) is 6.92 Å². The van der Waals surface area contributed by atoms with E-state index >= 15 is 0 Å². The number of benzene rings is 1. The van der Waals surface area contributed by atoms with Gasteiger partial charge in [-0.3, -0.25) is 10.1 Å². The highest BCUT2D eigenvalue weighted by molar-refractivity contribution is 5.89. The monoisotopic (exact) mass is 295 g/mol. The van der Waals surface area contributed by atoms with Crippen molar-refractivity contribution in [2.75, 3.05) is 0 Å². The lowest BCUT2D eigenvalue weighted by Crippen LogP contribution is -2.04. The van der Waals surface area contributed by atoms with Gasteiger partial charge >= 0.3 is 11.7 Å². The molecule has 2 rings (SSSR count). The maximum Gasteiger partial charge on any atom is 0.338 e. The van der Waals surface area contributed by atoms with Gasteiger partial charge in [-0.15, -0.1) is 0 Å². The summed E-state index contributed by atoms with van der Waals surface area (Å²) in [6.45, 7) is 1.69. The van der Waals surface area contributed by atoms with Gasteiger partial charge in [0.05, 0.1) is 10.6 Å². The quantitative estimate of drug-likeness (QED) is 0.684. The summed E-state index contributed by atoms with van der Waals surface area (Å²) in [5.41, 5.74) is -0.833. The Hall–Kier alpha value is -2.97. The van der Waals surface area contributed by atoms with Crippen molar-refractivity contribution in [2.45, 2.75) is 6.92 Å². The van der Waals surface area contributed by atoms with E-state index in [2.05, 4.69) is 5.10 Å². The summed E-state index contributed by atoms with van der Waals surface area (Å²) >= 11 is 0. The van der Waals surface area contributed by atoms with Gasteiger partial charge in [0.2, 0.25) is 11.6 Å². The third-order valence-corrected chi connectivity index (χ3v) is 2.65. The minimum Gasteiger partial charge on any atom is -0.478 e. The van der Waals surface area contributed by atoms with Crippen LogP contribution in [0.4, 0.5) is 10.1 Å². The number of carboxylic acid groups (broad SMARTS) is 1. The van der Waals surface area contributed by atoms with E-state index < -0.39 is 33.7 Å². The Balaban J connectivity index is 2.52. The van der Waals surface area contributed by atoms with Gasteiger partial charge < -0.3 is 9.84 Å². The van der Waals surface area contributed by atoms with Gasteiger partial charge in [-0.1, -0.05) is 0 Å². The molecule has 0 spiro atoms. The van der Waals surface area contributed by atoms with E-state index in [1.807, 2.05) is 0 Å². The van der Waals surface area contributed by atoms with E-state index in [0.29, 0.717) is 17.8 Å². The number of carbonyl (C=O) groups is 1. The summed E-state index contributed by atoms with van der Waals surface area (Å²) in [6, 6.07) is 2.80. The van der Waals surface area contributed by atoms with Crippen LogP contribution in [-0.4, -0.2) is 25.8 Å². The Bertz CT molecular complexity index is 741. The van der Waals surface area contributed by atoms with Crippen molar-refractivity contribution >= 4 is 11.7 Å². The number of aryl methyl sites for hydroxylation is 2. The van der Waals surface area contributed by atoms with Crippen molar-refractivity contribution in [2.24, 2.45) is 7.05 Å². The van der Waals surface area contributed by atoms with Crippen molar-refractivity contribution in [3.8, 4) is 11.6 Å². The van der Waals surface area contributed by atoms with Crippen LogP contribution in [0.3, 0.4) is 0 Å². The van der Waals surface area contributed by atoms with Crippen LogP contribution in [-0.2, 0) is 7.05 Å². The van der Waals surface area contributed by atoms with Gasteiger partial charge in [0.25, 0.3) is 0 Å². The fourth-order valence-electron chi connectivity index (χ4n) is 1.73. The first-order valence-electron chi connectivity index (χ1n) is 5.69. The molecule has 1 N–H and O–H groups in total. The molecular weight excluding hydrogens is 285 g/mol. The molecule has 0 bridgehead atoms. The number of halogens is 1. The Morgan fingerprint density at radius 3 is 2.62 bits per heavy atom. The maximum atomic E-state index is 13.6. The number of nitro benzene ring substituents is 1. The fourth-order valence-corrected chi connectivity index (χ4v) is 1.73. The van der Waals surface area contributed by atoms with Crippen LogP contribution in [0.2, 0.25) is 0 Å². The average molecular weight is 295 g/mol. The topological polar surface area (TPSA) is 107 Å². The highest BCUT2D eigenvalue weighted by atomic mass is 19.1. The highest BCUT2D eigenvalue weighted by Crippen LogP contribution is 2.33. The number of rotatable bonds is 4. The van der Waals surface area contributed by atoms with Crippen LogP contribution in [0.1, 0.15) is 16.1 Å². The molecule has 110 valence electrons. The molecule has 1 aromatic heterocycles. The molecule has 0 aliphatic rings. The summed E-state index contributed by atoms with van der Waals surface area (Å²) in [6.07, 6.45) is 0. The van der Waals surface area contributed by atoms with Crippen molar-refractivity contribution in [3.05, 3.63) is 45.4 Å². The average Bonchev–Trinajstić information content (AvgIpc) is 2.67. The molecule has 0 amide bonds. The number of aromatic carboxylic acids is 1. The van der Waals surface area contributed by atoms with Crippen LogP contribution < -0.4 is 4.74 Å². The largest absolute Gasteiger partial charge is 0.478 e. The molecule has 0 saturated carbocycles. The van der Waals surface area contributed by atoms with Crippen LogP contribution in [0.15, 0.2) is 18.2 Å². The normalized spacial score (nSPS) is 10.4. The number of hydrogen-bond donors (Lipinski definition) is 1. The van der Waals surface area contributed by atoms with Crippen LogP contribution in [0, 0.1) is 22.9 Å². The Morgan fingerprint density at radius 2 is 2.14 bits per heavy atom.